The predicted octanol–water partition coefficient (Wildman–Crippen LogP) is 0.661. The van der Waals surface area contributed by atoms with Gasteiger partial charge in [-0.2, -0.15) is 0 Å². The van der Waals surface area contributed by atoms with Gasteiger partial charge in [0, 0.05) is 12.4 Å². The molecular formula is C7H4BrN5O. The van der Waals surface area contributed by atoms with Crippen molar-refractivity contribution in [3.63, 3.8) is 0 Å². The lowest BCUT2D eigenvalue weighted by atomic mass is 10.5. The van der Waals surface area contributed by atoms with Gasteiger partial charge in [-0.3, -0.25) is 9.20 Å². The Morgan fingerprint density at radius 2 is 2.29 bits per heavy atom. The van der Waals surface area contributed by atoms with Crippen molar-refractivity contribution < 1.29 is 0 Å². The van der Waals surface area contributed by atoms with Crippen molar-refractivity contribution in [2.24, 2.45) is 0 Å². The molecule has 0 saturated heterocycles. The lowest BCUT2D eigenvalue weighted by molar-refractivity contribution is 1.08. The molecule has 6 nitrogen and oxygen atoms in total. The molecule has 0 radical (unpaired) electrons. The molecule has 3 rings (SSSR count). The molecule has 70 valence electrons. The largest absolute Gasteiger partial charge is 0.327 e. The smallest absolute Gasteiger partial charge is 0.285 e. The second kappa shape index (κ2) is 2.44. The van der Waals surface area contributed by atoms with Crippen LogP contribution in [0.3, 0.4) is 0 Å². The van der Waals surface area contributed by atoms with Crippen LogP contribution < -0.4 is 5.56 Å². The average Bonchev–Trinajstić information content (AvgIpc) is 2.71. The fourth-order valence-electron chi connectivity index (χ4n) is 1.38. The molecule has 0 saturated carbocycles. The first-order chi connectivity index (χ1) is 6.75. The molecule has 3 heterocycles. The van der Waals surface area contributed by atoms with Gasteiger partial charge in [0.1, 0.15) is 0 Å². The highest BCUT2D eigenvalue weighted by Gasteiger charge is 2.08. The molecule has 0 aliphatic rings. The van der Waals surface area contributed by atoms with Crippen molar-refractivity contribution in [2.75, 3.05) is 0 Å². The lowest BCUT2D eigenvalue weighted by Crippen LogP contribution is -2.13. The fraction of sp³-hybridized carbons (Fsp3) is 0. The van der Waals surface area contributed by atoms with Crippen LogP contribution in [0.1, 0.15) is 0 Å². The zero-order chi connectivity index (χ0) is 9.71. The molecule has 0 bridgehead atoms. The quantitative estimate of drug-likeness (QED) is 0.578. The monoisotopic (exact) mass is 253 g/mol. The molecule has 2 N–H and O–H groups in total. The van der Waals surface area contributed by atoms with Gasteiger partial charge in [0.15, 0.2) is 15.9 Å². The summed E-state index contributed by atoms with van der Waals surface area (Å²) in [5.41, 5.74) is 0.771. The van der Waals surface area contributed by atoms with Crippen LogP contribution in [-0.4, -0.2) is 24.3 Å². The van der Waals surface area contributed by atoms with Crippen LogP contribution in [0.2, 0.25) is 0 Å². The molecule has 0 amide bonds. The standard InChI is InChI=1S/C7H4BrN5O/c8-6-10-3-4(11-6)12-7-9-1-2-13(7)5(3)14/h1-2H,(H,9,12)(H,10,11). The van der Waals surface area contributed by atoms with Crippen molar-refractivity contribution in [3.05, 3.63) is 27.5 Å². The van der Waals surface area contributed by atoms with Gasteiger partial charge in [-0.25, -0.2) is 9.97 Å². The molecule has 0 fully saturated rings. The zero-order valence-electron chi connectivity index (χ0n) is 6.78. The second-order valence-electron chi connectivity index (χ2n) is 2.80. The number of aromatic amines is 2. The van der Waals surface area contributed by atoms with E-state index in [1.165, 1.54) is 4.40 Å². The summed E-state index contributed by atoms with van der Waals surface area (Å²) in [6.45, 7) is 0. The molecule has 3 aromatic rings. The normalized spacial score (nSPS) is 11.5. The SMILES string of the molecule is O=c1c2[nH]c(Br)nc2[nH]c2nccn12. The van der Waals surface area contributed by atoms with E-state index in [1.54, 1.807) is 12.4 Å². The first-order valence-electron chi connectivity index (χ1n) is 3.86. The zero-order valence-corrected chi connectivity index (χ0v) is 8.37. The van der Waals surface area contributed by atoms with E-state index in [9.17, 15) is 4.79 Å². The van der Waals surface area contributed by atoms with Crippen LogP contribution in [0.4, 0.5) is 0 Å². The highest BCUT2D eigenvalue weighted by Crippen LogP contribution is 2.09. The van der Waals surface area contributed by atoms with Crippen LogP contribution in [-0.2, 0) is 0 Å². The number of nitrogens with zero attached hydrogens (tertiary/aromatic N) is 3. The maximum Gasteiger partial charge on any atom is 0.285 e. The van der Waals surface area contributed by atoms with E-state index in [0.717, 1.165) is 0 Å². The minimum absolute atomic E-state index is 0.163. The summed E-state index contributed by atoms with van der Waals surface area (Å²) in [7, 11) is 0. The van der Waals surface area contributed by atoms with E-state index in [1.807, 2.05) is 0 Å². The minimum Gasteiger partial charge on any atom is -0.327 e. The summed E-state index contributed by atoms with van der Waals surface area (Å²) in [4.78, 5) is 25.6. The van der Waals surface area contributed by atoms with Gasteiger partial charge in [-0.1, -0.05) is 0 Å². The van der Waals surface area contributed by atoms with Crippen molar-refractivity contribution in [1.82, 2.24) is 24.3 Å². The van der Waals surface area contributed by atoms with Crippen LogP contribution >= 0.6 is 15.9 Å². The van der Waals surface area contributed by atoms with Gasteiger partial charge in [-0.15, -0.1) is 0 Å². The van der Waals surface area contributed by atoms with Gasteiger partial charge in [0.05, 0.1) is 0 Å². The van der Waals surface area contributed by atoms with E-state index >= 15 is 0 Å². The van der Waals surface area contributed by atoms with E-state index < -0.39 is 0 Å². The highest BCUT2D eigenvalue weighted by molar-refractivity contribution is 9.10. The Morgan fingerprint density at radius 1 is 1.43 bits per heavy atom. The van der Waals surface area contributed by atoms with Gasteiger partial charge in [-0.05, 0) is 15.9 Å². The number of hydrogen-bond acceptors (Lipinski definition) is 3. The van der Waals surface area contributed by atoms with Crippen LogP contribution in [0.5, 0.6) is 0 Å². The molecule has 0 atom stereocenters. The summed E-state index contributed by atoms with van der Waals surface area (Å²) in [5, 5.41) is 0. The van der Waals surface area contributed by atoms with Crippen molar-refractivity contribution >= 4 is 32.9 Å². The average molecular weight is 254 g/mol. The lowest BCUT2D eigenvalue weighted by Gasteiger charge is -1.91. The van der Waals surface area contributed by atoms with Gasteiger partial charge in [0.25, 0.3) is 5.56 Å². The number of halogens is 1. The molecule has 0 unspecified atom stereocenters. The summed E-state index contributed by atoms with van der Waals surface area (Å²) in [5.74, 6) is 0.488. The molecule has 0 aliphatic heterocycles. The van der Waals surface area contributed by atoms with Crippen LogP contribution in [0.25, 0.3) is 16.9 Å². The van der Waals surface area contributed by atoms with E-state index in [0.29, 0.717) is 21.7 Å². The Morgan fingerprint density at radius 3 is 3.14 bits per heavy atom. The maximum absolute atomic E-state index is 11.8. The number of hydrogen-bond donors (Lipinski definition) is 2. The van der Waals surface area contributed by atoms with Gasteiger partial charge in [0.2, 0.25) is 5.78 Å². The second-order valence-corrected chi connectivity index (χ2v) is 3.55. The summed E-state index contributed by atoms with van der Waals surface area (Å²) in [6, 6.07) is 0. The van der Waals surface area contributed by atoms with Gasteiger partial charge >= 0.3 is 0 Å². The van der Waals surface area contributed by atoms with E-state index in [2.05, 4.69) is 35.9 Å². The molecule has 0 spiro atoms. The summed E-state index contributed by atoms with van der Waals surface area (Å²) < 4.78 is 1.95. The maximum atomic E-state index is 11.8. The third kappa shape index (κ3) is 0.869. The summed E-state index contributed by atoms with van der Waals surface area (Å²) in [6.07, 6.45) is 3.16. The molecule has 7 heteroatoms. The van der Waals surface area contributed by atoms with E-state index in [4.69, 9.17) is 0 Å². The molecule has 0 aliphatic carbocycles. The van der Waals surface area contributed by atoms with Crippen molar-refractivity contribution in [3.8, 4) is 0 Å². The Kier molecular flexibility index (Phi) is 1.35. The number of rotatable bonds is 0. The van der Waals surface area contributed by atoms with Crippen molar-refractivity contribution in [1.29, 1.82) is 0 Å². The Bertz CT molecular complexity index is 678. The van der Waals surface area contributed by atoms with Crippen LogP contribution in [0.15, 0.2) is 21.9 Å². The molecule has 0 aromatic carbocycles. The first kappa shape index (κ1) is 7.74. The van der Waals surface area contributed by atoms with E-state index in [-0.39, 0.29) is 5.56 Å². The van der Waals surface area contributed by atoms with Crippen molar-refractivity contribution in [2.45, 2.75) is 0 Å². The Labute approximate surface area is 85.1 Å². The Hall–Kier alpha value is -1.63. The number of imidazole rings is 2. The number of aromatic nitrogens is 5. The first-order valence-corrected chi connectivity index (χ1v) is 4.65. The molecule has 3 aromatic heterocycles. The number of fused-ring (bicyclic) bond motifs is 2. The molecular weight excluding hydrogens is 250 g/mol. The summed E-state index contributed by atoms with van der Waals surface area (Å²) >= 11 is 3.16. The van der Waals surface area contributed by atoms with Gasteiger partial charge < -0.3 is 9.97 Å². The number of H-pyrrole nitrogens is 2. The Balaban J connectivity index is 2.68. The highest BCUT2D eigenvalue weighted by atomic mass is 79.9. The fourth-order valence-corrected chi connectivity index (χ4v) is 1.75. The topological polar surface area (TPSA) is 78.8 Å². The minimum atomic E-state index is -0.163. The third-order valence-corrected chi connectivity index (χ3v) is 2.35. The molecule has 14 heavy (non-hydrogen) atoms. The number of nitrogens with one attached hydrogen (secondary N) is 2. The predicted molar refractivity (Wildman–Crippen MR) is 53.2 cm³/mol. The van der Waals surface area contributed by atoms with Crippen LogP contribution in [0, 0.1) is 0 Å². The third-order valence-electron chi connectivity index (χ3n) is 1.98.